The number of anilines is 1. The summed E-state index contributed by atoms with van der Waals surface area (Å²) in [6.45, 7) is 7.30. The molecule has 0 aliphatic rings. The average Bonchev–Trinajstić information content (AvgIpc) is 2.85. The summed E-state index contributed by atoms with van der Waals surface area (Å²) in [4.78, 5) is 28.5. The molecule has 0 saturated heterocycles. The number of ether oxygens (including phenoxy) is 2. The Balaban J connectivity index is 2.51. The van der Waals surface area contributed by atoms with Crippen molar-refractivity contribution < 1.29 is 27.5 Å². The van der Waals surface area contributed by atoms with Crippen molar-refractivity contribution in [3.63, 3.8) is 0 Å². The van der Waals surface area contributed by atoms with Crippen LogP contribution >= 0.6 is 0 Å². The van der Waals surface area contributed by atoms with Crippen molar-refractivity contribution in [2.24, 2.45) is 0 Å². The lowest BCUT2D eigenvalue weighted by Gasteiger charge is -2.33. The Morgan fingerprint density at radius 1 is 1.03 bits per heavy atom. The van der Waals surface area contributed by atoms with Gasteiger partial charge in [-0.25, -0.2) is 8.42 Å². The van der Waals surface area contributed by atoms with Crippen LogP contribution < -0.4 is 19.1 Å². The Hall–Kier alpha value is -3.27. The number of hydrogen-bond donors (Lipinski definition) is 1. The van der Waals surface area contributed by atoms with Gasteiger partial charge in [-0.2, -0.15) is 0 Å². The van der Waals surface area contributed by atoms with Gasteiger partial charge in [-0.15, -0.1) is 0 Å². The van der Waals surface area contributed by atoms with Gasteiger partial charge in [0, 0.05) is 18.7 Å². The molecule has 2 aromatic rings. The SMILES string of the molecule is CC[C@H](C(=O)N[C@@H](C)CC)N(Cc1cccc(C)c1)C(=O)CN(c1ccc(OC)cc1OC)S(C)(=O)=O. The third-order valence-corrected chi connectivity index (χ3v) is 7.28. The molecule has 0 aliphatic heterocycles. The number of carbonyl (C=O) groups excluding carboxylic acids is 2. The Kier molecular flexibility index (Phi) is 10.8. The van der Waals surface area contributed by atoms with Gasteiger partial charge in [0.1, 0.15) is 24.1 Å². The van der Waals surface area contributed by atoms with Crippen LogP contribution in [-0.4, -0.2) is 64.2 Å². The van der Waals surface area contributed by atoms with E-state index in [0.717, 1.165) is 28.1 Å². The zero-order chi connectivity index (χ0) is 27.8. The lowest BCUT2D eigenvalue weighted by atomic mass is 10.1. The standard InChI is InChI=1S/C27H39N3O6S/c1-8-20(4)28-27(32)23(9-2)29(17-21-12-10-11-19(3)15-21)26(31)18-30(37(7,33)34)24-14-13-22(35-5)16-25(24)36-6/h10-16,20,23H,8-9,17-18H2,1-7H3,(H,28,32)/t20-,23+/m0/s1. The van der Waals surface area contributed by atoms with Gasteiger partial charge in [-0.05, 0) is 44.4 Å². The summed E-state index contributed by atoms with van der Waals surface area (Å²) >= 11 is 0. The number of methoxy groups -OCH3 is 2. The third-order valence-electron chi connectivity index (χ3n) is 6.16. The molecule has 2 rings (SSSR count). The molecule has 37 heavy (non-hydrogen) atoms. The first-order chi connectivity index (χ1) is 17.4. The second kappa shape index (κ2) is 13.3. The lowest BCUT2D eigenvalue weighted by molar-refractivity contribution is -0.140. The fourth-order valence-electron chi connectivity index (χ4n) is 3.95. The van der Waals surface area contributed by atoms with Crippen LogP contribution in [0.25, 0.3) is 0 Å². The van der Waals surface area contributed by atoms with Gasteiger partial charge in [-0.3, -0.25) is 13.9 Å². The highest BCUT2D eigenvalue weighted by Gasteiger charge is 2.33. The second-order valence-electron chi connectivity index (χ2n) is 9.06. The highest BCUT2D eigenvalue weighted by atomic mass is 32.2. The highest BCUT2D eigenvalue weighted by molar-refractivity contribution is 7.92. The largest absolute Gasteiger partial charge is 0.497 e. The van der Waals surface area contributed by atoms with Crippen LogP contribution in [0.4, 0.5) is 5.69 Å². The second-order valence-corrected chi connectivity index (χ2v) is 11.0. The van der Waals surface area contributed by atoms with E-state index in [4.69, 9.17) is 9.47 Å². The zero-order valence-electron chi connectivity index (χ0n) is 22.8. The molecule has 0 spiro atoms. The summed E-state index contributed by atoms with van der Waals surface area (Å²) in [5, 5.41) is 2.96. The maximum absolute atomic E-state index is 13.8. The number of rotatable bonds is 13. The van der Waals surface area contributed by atoms with Crippen molar-refractivity contribution in [2.75, 3.05) is 31.3 Å². The molecule has 9 nitrogen and oxygen atoms in total. The molecule has 0 aromatic heterocycles. The normalized spacial score (nSPS) is 12.8. The van der Waals surface area contributed by atoms with Crippen molar-refractivity contribution in [2.45, 2.75) is 59.2 Å². The summed E-state index contributed by atoms with van der Waals surface area (Å²) < 4.78 is 37.3. The first-order valence-electron chi connectivity index (χ1n) is 12.3. The van der Waals surface area contributed by atoms with Gasteiger partial charge >= 0.3 is 0 Å². The quantitative estimate of drug-likeness (QED) is 0.423. The van der Waals surface area contributed by atoms with Crippen molar-refractivity contribution in [1.82, 2.24) is 10.2 Å². The molecule has 0 fully saturated rings. The number of benzene rings is 2. The molecule has 0 radical (unpaired) electrons. The van der Waals surface area contributed by atoms with Crippen molar-refractivity contribution in [3.05, 3.63) is 53.6 Å². The summed E-state index contributed by atoms with van der Waals surface area (Å²) in [5.41, 5.74) is 2.06. The Bertz CT molecular complexity index is 1180. The first-order valence-corrected chi connectivity index (χ1v) is 14.1. The van der Waals surface area contributed by atoms with E-state index in [9.17, 15) is 18.0 Å². The van der Waals surface area contributed by atoms with Gasteiger partial charge in [0.15, 0.2) is 0 Å². The summed E-state index contributed by atoms with van der Waals surface area (Å²) in [6, 6.07) is 11.5. The lowest BCUT2D eigenvalue weighted by Crippen LogP contribution is -2.53. The van der Waals surface area contributed by atoms with Crippen LogP contribution in [0.1, 0.15) is 44.7 Å². The summed E-state index contributed by atoms with van der Waals surface area (Å²) in [5.74, 6) is -0.0553. The molecule has 2 aromatic carbocycles. The fraction of sp³-hybridized carbons (Fsp3) is 0.481. The first kappa shape index (κ1) is 30.0. The maximum atomic E-state index is 13.8. The molecule has 0 aliphatic carbocycles. The van der Waals surface area contributed by atoms with Crippen LogP contribution in [0.15, 0.2) is 42.5 Å². The molecular formula is C27H39N3O6S. The topological polar surface area (TPSA) is 105 Å². The van der Waals surface area contributed by atoms with E-state index < -0.39 is 28.5 Å². The van der Waals surface area contributed by atoms with Crippen molar-refractivity contribution >= 4 is 27.5 Å². The Morgan fingerprint density at radius 3 is 2.27 bits per heavy atom. The van der Waals surface area contributed by atoms with E-state index in [1.807, 2.05) is 52.0 Å². The van der Waals surface area contributed by atoms with Crippen LogP contribution in [0, 0.1) is 6.92 Å². The molecular weight excluding hydrogens is 494 g/mol. The molecule has 2 amide bonds. The van der Waals surface area contributed by atoms with Crippen molar-refractivity contribution in [3.8, 4) is 11.5 Å². The van der Waals surface area contributed by atoms with Gasteiger partial charge in [0.25, 0.3) is 0 Å². The predicted molar refractivity (Wildman–Crippen MR) is 145 cm³/mol. The third kappa shape index (κ3) is 8.11. The van der Waals surface area contributed by atoms with Crippen LogP contribution in [0.5, 0.6) is 11.5 Å². The molecule has 0 unspecified atom stereocenters. The van der Waals surface area contributed by atoms with Crippen LogP contribution in [-0.2, 0) is 26.2 Å². The van der Waals surface area contributed by atoms with Gasteiger partial charge < -0.3 is 19.7 Å². The predicted octanol–water partition coefficient (Wildman–Crippen LogP) is 3.50. The number of nitrogens with one attached hydrogen (secondary N) is 1. The number of hydrogen-bond acceptors (Lipinski definition) is 6. The number of aryl methyl sites for hydroxylation is 1. The minimum atomic E-state index is -3.89. The van der Waals surface area contributed by atoms with Crippen molar-refractivity contribution in [1.29, 1.82) is 0 Å². The van der Waals surface area contributed by atoms with Gasteiger partial charge in [0.05, 0.1) is 26.2 Å². The number of sulfonamides is 1. The number of nitrogens with zero attached hydrogens (tertiary/aromatic N) is 2. The zero-order valence-corrected chi connectivity index (χ0v) is 23.6. The van der Waals surface area contributed by atoms with E-state index in [1.54, 1.807) is 12.1 Å². The molecule has 1 N–H and O–H groups in total. The summed E-state index contributed by atoms with van der Waals surface area (Å²) in [7, 11) is -0.985. The van der Waals surface area contributed by atoms with E-state index in [1.165, 1.54) is 25.2 Å². The molecule has 0 bridgehead atoms. The molecule has 10 heteroatoms. The van der Waals surface area contributed by atoms with E-state index in [0.29, 0.717) is 12.2 Å². The molecule has 0 heterocycles. The van der Waals surface area contributed by atoms with Gasteiger partial charge in [0.2, 0.25) is 21.8 Å². The molecule has 2 atom stereocenters. The molecule has 0 saturated carbocycles. The van der Waals surface area contributed by atoms with E-state index >= 15 is 0 Å². The Labute approximate surface area is 220 Å². The Morgan fingerprint density at radius 2 is 1.73 bits per heavy atom. The summed E-state index contributed by atoms with van der Waals surface area (Å²) in [6.07, 6.45) is 2.14. The molecule has 204 valence electrons. The smallest absolute Gasteiger partial charge is 0.244 e. The number of carbonyl (C=O) groups is 2. The monoisotopic (exact) mass is 533 g/mol. The van der Waals surface area contributed by atoms with E-state index in [2.05, 4.69) is 5.32 Å². The number of amides is 2. The maximum Gasteiger partial charge on any atom is 0.244 e. The minimum Gasteiger partial charge on any atom is -0.497 e. The minimum absolute atomic E-state index is 0.0615. The van der Waals surface area contributed by atoms with E-state index in [-0.39, 0.29) is 29.9 Å². The van der Waals surface area contributed by atoms with Gasteiger partial charge in [-0.1, -0.05) is 43.7 Å². The fourth-order valence-corrected chi connectivity index (χ4v) is 4.81. The van der Waals surface area contributed by atoms with Crippen LogP contribution in [0.3, 0.4) is 0 Å². The highest BCUT2D eigenvalue weighted by Crippen LogP contribution is 2.33. The van der Waals surface area contributed by atoms with Crippen LogP contribution in [0.2, 0.25) is 0 Å². The average molecular weight is 534 g/mol.